The standard InChI is InChI=1S/C36H45N7O7/c1-21(2)31-35(48)38-22(3)32(45)41-28(18-23-12-7-6-8-13-23)36(49)43(4)20-30(44)37-17-11-16-26(33(46)42-31)40-34(47)27-19-29(50-5)24-14-9-10-15-25(24)39-27/h6-10,12-15,19,21-22,26,28,31H,11,16-18,20H2,1-5H3,(H,37,44)(H,38,48)(H,40,47)(H,41,45)(H,42,46)/t22-,26+,28+,31-/m1/s1. The van der Waals surface area contributed by atoms with Crippen molar-refractivity contribution in [3.05, 3.63) is 71.9 Å². The van der Waals surface area contributed by atoms with E-state index in [-0.39, 0.29) is 38.0 Å². The van der Waals surface area contributed by atoms with Crippen LogP contribution in [0.5, 0.6) is 5.75 Å². The Morgan fingerprint density at radius 2 is 1.66 bits per heavy atom. The molecular weight excluding hydrogens is 642 g/mol. The molecule has 266 valence electrons. The zero-order chi connectivity index (χ0) is 36.4. The number of aromatic nitrogens is 1. The van der Waals surface area contributed by atoms with Crippen LogP contribution in [0.3, 0.4) is 0 Å². The molecule has 5 N–H and O–H groups in total. The van der Waals surface area contributed by atoms with E-state index in [1.165, 1.54) is 32.0 Å². The summed E-state index contributed by atoms with van der Waals surface area (Å²) in [5.74, 6) is -3.39. The molecule has 1 aromatic heterocycles. The molecule has 4 rings (SSSR count). The second kappa shape index (κ2) is 17.2. The van der Waals surface area contributed by atoms with E-state index in [2.05, 4.69) is 31.6 Å². The number of para-hydroxylation sites is 1. The lowest BCUT2D eigenvalue weighted by Crippen LogP contribution is -2.59. The first-order valence-electron chi connectivity index (χ1n) is 16.6. The van der Waals surface area contributed by atoms with E-state index in [0.29, 0.717) is 16.7 Å². The molecule has 14 heteroatoms. The van der Waals surface area contributed by atoms with Gasteiger partial charge in [0.15, 0.2) is 0 Å². The van der Waals surface area contributed by atoms with Crippen molar-refractivity contribution in [2.45, 2.75) is 64.2 Å². The molecule has 50 heavy (non-hydrogen) atoms. The summed E-state index contributed by atoms with van der Waals surface area (Å²) in [5, 5.41) is 14.3. The topological polar surface area (TPSA) is 188 Å². The molecule has 0 unspecified atom stereocenters. The van der Waals surface area contributed by atoms with E-state index in [1.807, 2.05) is 42.5 Å². The number of fused-ring (bicyclic) bond motifs is 1. The summed E-state index contributed by atoms with van der Waals surface area (Å²) in [7, 11) is 2.95. The molecule has 1 saturated heterocycles. The first kappa shape index (κ1) is 37.3. The van der Waals surface area contributed by atoms with Gasteiger partial charge >= 0.3 is 0 Å². The first-order chi connectivity index (χ1) is 23.9. The maximum Gasteiger partial charge on any atom is 0.270 e. The molecule has 1 aliphatic rings. The van der Waals surface area contributed by atoms with Crippen molar-refractivity contribution in [2.75, 3.05) is 27.2 Å². The van der Waals surface area contributed by atoms with Crippen LogP contribution in [0, 0.1) is 5.92 Å². The lowest BCUT2D eigenvalue weighted by atomic mass is 10.0. The fourth-order valence-electron chi connectivity index (χ4n) is 5.58. The van der Waals surface area contributed by atoms with Gasteiger partial charge in [-0.15, -0.1) is 0 Å². The number of carbonyl (C=O) groups is 6. The molecule has 6 amide bonds. The van der Waals surface area contributed by atoms with Gasteiger partial charge in [-0.3, -0.25) is 28.8 Å². The fourth-order valence-corrected chi connectivity index (χ4v) is 5.58. The Morgan fingerprint density at radius 3 is 2.36 bits per heavy atom. The minimum atomic E-state index is -1.12. The molecular formula is C36H45N7O7. The fraction of sp³-hybridized carbons (Fsp3) is 0.417. The molecule has 0 saturated carbocycles. The van der Waals surface area contributed by atoms with E-state index in [1.54, 1.807) is 26.0 Å². The van der Waals surface area contributed by atoms with Crippen LogP contribution < -0.4 is 31.3 Å². The number of methoxy groups -OCH3 is 1. The molecule has 1 fully saturated rings. The molecule has 0 aliphatic carbocycles. The van der Waals surface area contributed by atoms with Gasteiger partial charge in [-0.2, -0.15) is 0 Å². The second-order valence-electron chi connectivity index (χ2n) is 12.7. The van der Waals surface area contributed by atoms with Crippen LogP contribution in [-0.2, 0) is 30.4 Å². The number of hydrogen-bond donors (Lipinski definition) is 5. The predicted octanol–water partition coefficient (Wildman–Crippen LogP) is 1.08. The zero-order valence-electron chi connectivity index (χ0n) is 28.9. The van der Waals surface area contributed by atoms with Crippen LogP contribution in [0.4, 0.5) is 0 Å². The highest BCUT2D eigenvalue weighted by Crippen LogP contribution is 2.25. The highest BCUT2D eigenvalue weighted by molar-refractivity contribution is 6.00. The minimum absolute atomic E-state index is 0.0253. The quantitative estimate of drug-likeness (QED) is 0.255. The van der Waals surface area contributed by atoms with E-state index in [0.717, 1.165) is 5.56 Å². The van der Waals surface area contributed by atoms with E-state index < -0.39 is 65.5 Å². The summed E-state index contributed by atoms with van der Waals surface area (Å²) >= 11 is 0. The van der Waals surface area contributed by atoms with Gasteiger partial charge in [-0.1, -0.05) is 56.3 Å². The highest BCUT2D eigenvalue weighted by Gasteiger charge is 2.33. The maximum absolute atomic E-state index is 13.7. The Hall–Kier alpha value is -5.53. The largest absolute Gasteiger partial charge is 0.496 e. The summed E-state index contributed by atoms with van der Waals surface area (Å²) in [6.07, 6.45) is 0.539. The van der Waals surface area contributed by atoms with Crippen molar-refractivity contribution in [2.24, 2.45) is 5.92 Å². The monoisotopic (exact) mass is 687 g/mol. The van der Waals surface area contributed by atoms with Crippen LogP contribution in [0.25, 0.3) is 10.9 Å². The summed E-state index contributed by atoms with van der Waals surface area (Å²) in [4.78, 5) is 86.0. The van der Waals surface area contributed by atoms with Crippen LogP contribution in [0.15, 0.2) is 60.7 Å². The van der Waals surface area contributed by atoms with Gasteiger partial charge in [-0.05, 0) is 43.4 Å². The van der Waals surface area contributed by atoms with Gasteiger partial charge in [0.2, 0.25) is 29.5 Å². The van der Waals surface area contributed by atoms with Crippen molar-refractivity contribution < 1.29 is 33.5 Å². The van der Waals surface area contributed by atoms with Gasteiger partial charge in [0, 0.05) is 31.5 Å². The SMILES string of the molecule is COc1cc(C(=O)N[C@H]2CCCNC(=O)CN(C)C(=O)[C@H](Cc3ccccc3)NC(=O)[C@@H](C)NC(=O)[C@@H](C(C)C)NC2=O)nc2ccccc12. The van der Waals surface area contributed by atoms with Gasteiger partial charge < -0.3 is 36.2 Å². The minimum Gasteiger partial charge on any atom is -0.496 e. The molecule has 1 aliphatic heterocycles. The Morgan fingerprint density at radius 1 is 0.960 bits per heavy atom. The number of likely N-dealkylation sites (N-methyl/N-ethyl adjacent to an activating group) is 1. The third-order valence-electron chi connectivity index (χ3n) is 8.40. The van der Waals surface area contributed by atoms with Crippen LogP contribution in [0.2, 0.25) is 0 Å². The van der Waals surface area contributed by atoms with Gasteiger partial charge in [-0.25, -0.2) is 4.98 Å². The number of amides is 6. The molecule has 0 radical (unpaired) electrons. The molecule has 0 bridgehead atoms. The summed E-state index contributed by atoms with van der Waals surface area (Å²) in [5.41, 5.74) is 1.35. The van der Waals surface area contributed by atoms with Gasteiger partial charge in [0.1, 0.15) is 35.6 Å². The van der Waals surface area contributed by atoms with Crippen LogP contribution in [0.1, 0.15) is 49.7 Å². The van der Waals surface area contributed by atoms with Crippen molar-refractivity contribution in [1.82, 2.24) is 36.5 Å². The third kappa shape index (κ3) is 9.77. The number of pyridine rings is 1. The average molecular weight is 688 g/mol. The Kier molecular flexibility index (Phi) is 12.8. The van der Waals surface area contributed by atoms with E-state index in [4.69, 9.17) is 4.74 Å². The predicted molar refractivity (Wildman–Crippen MR) is 186 cm³/mol. The number of rotatable bonds is 6. The Balaban J connectivity index is 1.57. The number of nitrogens with zero attached hydrogens (tertiary/aromatic N) is 2. The van der Waals surface area contributed by atoms with Crippen molar-refractivity contribution in [1.29, 1.82) is 0 Å². The normalized spacial score (nSPS) is 21.7. The molecule has 14 nitrogen and oxygen atoms in total. The number of hydrogen-bond acceptors (Lipinski definition) is 8. The van der Waals surface area contributed by atoms with Crippen molar-refractivity contribution in [3.8, 4) is 5.75 Å². The summed E-state index contributed by atoms with van der Waals surface area (Å²) < 4.78 is 5.47. The third-order valence-corrected chi connectivity index (χ3v) is 8.40. The van der Waals surface area contributed by atoms with Gasteiger partial charge in [0.25, 0.3) is 5.91 Å². The van der Waals surface area contributed by atoms with E-state index in [9.17, 15) is 28.8 Å². The average Bonchev–Trinajstić information content (AvgIpc) is 3.10. The molecule has 3 aromatic rings. The lowest BCUT2D eigenvalue weighted by Gasteiger charge is -2.28. The summed E-state index contributed by atoms with van der Waals surface area (Å²) in [6.45, 7) is 4.80. The Bertz CT molecular complexity index is 1720. The summed E-state index contributed by atoms with van der Waals surface area (Å²) in [6, 6.07) is 13.5. The zero-order valence-corrected chi connectivity index (χ0v) is 28.9. The first-order valence-corrected chi connectivity index (χ1v) is 16.6. The van der Waals surface area contributed by atoms with E-state index >= 15 is 0 Å². The molecule has 2 aromatic carbocycles. The van der Waals surface area contributed by atoms with Crippen LogP contribution in [-0.4, -0.2) is 96.7 Å². The molecule has 4 atom stereocenters. The maximum atomic E-state index is 13.7. The second-order valence-corrected chi connectivity index (χ2v) is 12.7. The smallest absolute Gasteiger partial charge is 0.270 e. The number of ether oxygens (including phenoxy) is 1. The van der Waals surface area contributed by atoms with Crippen molar-refractivity contribution >= 4 is 46.3 Å². The number of nitrogens with one attached hydrogen (secondary N) is 5. The highest BCUT2D eigenvalue weighted by atomic mass is 16.5. The number of carbonyl (C=O) groups excluding carboxylic acids is 6. The molecule has 0 spiro atoms. The van der Waals surface area contributed by atoms with Crippen LogP contribution >= 0.6 is 0 Å². The van der Waals surface area contributed by atoms with Gasteiger partial charge in [0.05, 0.1) is 19.2 Å². The molecule has 2 heterocycles. The Labute approximate surface area is 291 Å². The number of benzene rings is 2. The lowest BCUT2D eigenvalue weighted by molar-refractivity contribution is -0.139. The van der Waals surface area contributed by atoms with Crippen molar-refractivity contribution in [3.63, 3.8) is 0 Å².